The lowest BCUT2D eigenvalue weighted by Crippen LogP contribution is -2.52. The molecule has 7 nitrogen and oxygen atoms in total. The predicted octanol–water partition coefficient (Wildman–Crippen LogP) is 1.97. The maximum Gasteiger partial charge on any atom is 0.321 e. The highest BCUT2D eigenvalue weighted by molar-refractivity contribution is 5.97. The summed E-state index contributed by atoms with van der Waals surface area (Å²) in [5.41, 5.74) is 1.93. The van der Waals surface area contributed by atoms with Crippen LogP contribution in [-0.4, -0.2) is 61.8 Å². The molecule has 1 aliphatic rings. The van der Waals surface area contributed by atoms with Crippen molar-refractivity contribution in [3.05, 3.63) is 29.8 Å². The zero-order valence-electron chi connectivity index (χ0n) is 17.0. The van der Waals surface area contributed by atoms with E-state index < -0.39 is 17.6 Å². The molecule has 3 amide bonds. The van der Waals surface area contributed by atoms with Crippen LogP contribution in [0.3, 0.4) is 0 Å². The van der Waals surface area contributed by atoms with E-state index in [0.717, 1.165) is 31.9 Å². The Bertz CT molecular complexity index is 651. The van der Waals surface area contributed by atoms with E-state index in [1.54, 1.807) is 6.92 Å². The Balaban J connectivity index is 1.98. The van der Waals surface area contributed by atoms with Crippen molar-refractivity contribution < 1.29 is 14.3 Å². The number of ether oxygens (including phenoxy) is 1. The fraction of sp³-hybridized carbons (Fsp3) is 0.600. The van der Waals surface area contributed by atoms with Gasteiger partial charge in [-0.1, -0.05) is 18.2 Å². The summed E-state index contributed by atoms with van der Waals surface area (Å²) in [4.78, 5) is 28.6. The van der Waals surface area contributed by atoms with Crippen LogP contribution in [0.2, 0.25) is 0 Å². The summed E-state index contributed by atoms with van der Waals surface area (Å²) >= 11 is 0. The van der Waals surface area contributed by atoms with Crippen LogP contribution in [0.25, 0.3) is 0 Å². The summed E-state index contributed by atoms with van der Waals surface area (Å²) in [5, 5.41) is 5.16. The lowest BCUT2D eigenvalue weighted by atomic mass is 10.1. The number of hydrogen-bond donors (Lipinski definition) is 2. The summed E-state index contributed by atoms with van der Waals surface area (Å²) in [6.07, 6.45) is 0. The van der Waals surface area contributed by atoms with Crippen molar-refractivity contribution in [2.75, 3.05) is 38.3 Å². The molecule has 1 heterocycles. The molecule has 2 N–H and O–H groups in total. The van der Waals surface area contributed by atoms with Gasteiger partial charge in [0, 0.05) is 30.9 Å². The largest absolute Gasteiger partial charge is 0.378 e. The maximum absolute atomic E-state index is 12.4. The zero-order valence-corrected chi connectivity index (χ0v) is 17.0. The van der Waals surface area contributed by atoms with Crippen LogP contribution in [0.4, 0.5) is 10.5 Å². The van der Waals surface area contributed by atoms with Crippen LogP contribution in [-0.2, 0) is 16.1 Å². The van der Waals surface area contributed by atoms with Gasteiger partial charge in [-0.25, -0.2) is 4.79 Å². The van der Waals surface area contributed by atoms with E-state index in [4.69, 9.17) is 4.74 Å². The van der Waals surface area contributed by atoms with Gasteiger partial charge < -0.3 is 15.0 Å². The number of benzene rings is 1. The van der Waals surface area contributed by atoms with Gasteiger partial charge in [-0.15, -0.1) is 0 Å². The quantitative estimate of drug-likeness (QED) is 0.822. The number of imide groups is 1. The van der Waals surface area contributed by atoms with Gasteiger partial charge in [-0.05, 0) is 46.4 Å². The standard InChI is InChI=1S/C20H32N4O3/c1-15(18(25)21-19(26)22-20(2,3)4)23(5)14-16-8-6-7-9-17(16)24-10-12-27-13-11-24/h6-9,15H,10-14H2,1-5H3,(H2,21,22,25,26). The molecule has 0 spiro atoms. The number of morpholine rings is 1. The van der Waals surface area contributed by atoms with Crippen LogP contribution >= 0.6 is 0 Å². The van der Waals surface area contributed by atoms with E-state index in [1.165, 1.54) is 5.69 Å². The number of carbonyl (C=O) groups is 2. The first-order chi connectivity index (χ1) is 12.7. The molecule has 27 heavy (non-hydrogen) atoms. The molecule has 150 valence electrons. The van der Waals surface area contributed by atoms with Gasteiger partial charge in [0.2, 0.25) is 5.91 Å². The molecule has 7 heteroatoms. The smallest absolute Gasteiger partial charge is 0.321 e. The van der Waals surface area contributed by atoms with E-state index >= 15 is 0 Å². The molecule has 0 radical (unpaired) electrons. The van der Waals surface area contributed by atoms with Gasteiger partial charge in [-0.2, -0.15) is 0 Å². The topological polar surface area (TPSA) is 73.9 Å². The number of nitrogens with one attached hydrogen (secondary N) is 2. The predicted molar refractivity (Wildman–Crippen MR) is 107 cm³/mol. The number of urea groups is 1. The third-order valence-corrected chi connectivity index (χ3v) is 4.53. The maximum atomic E-state index is 12.4. The monoisotopic (exact) mass is 376 g/mol. The molecule has 0 saturated carbocycles. The highest BCUT2D eigenvalue weighted by Crippen LogP contribution is 2.23. The Labute approximate surface area is 162 Å². The van der Waals surface area contributed by atoms with Gasteiger partial charge in [0.05, 0.1) is 19.3 Å². The molecule has 1 aromatic carbocycles. The molecule has 0 bridgehead atoms. The summed E-state index contributed by atoms with van der Waals surface area (Å²) in [5.74, 6) is -0.317. The molecule has 1 unspecified atom stereocenters. The van der Waals surface area contributed by atoms with Crippen molar-refractivity contribution in [3.63, 3.8) is 0 Å². The fourth-order valence-corrected chi connectivity index (χ4v) is 2.95. The lowest BCUT2D eigenvalue weighted by Gasteiger charge is -2.32. The minimum absolute atomic E-state index is 0.317. The first kappa shape index (κ1) is 21.2. The number of anilines is 1. The van der Waals surface area contributed by atoms with Crippen LogP contribution < -0.4 is 15.5 Å². The first-order valence-corrected chi connectivity index (χ1v) is 9.41. The van der Waals surface area contributed by atoms with Gasteiger partial charge >= 0.3 is 6.03 Å². The first-order valence-electron chi connectivity index (χ1n) is 9.41. The molecule has 1 atom stereocenters. The van der Waals surface area contributed by atoms with Crippen molar-refractivity contribution >= 4 is 17.6 Å². The van der Waals surface area contributed by atoms with Crippen molar-refractivity contribution in [1.82, 2.24) is 15.5 Å². The average molecular weight is 377 g/mol. The molecule has 2 rings (SSSR count). The molecule has 0 aliphatic carbocycles. The van der Waals surface area contributed by atoms with Crippen LogP contribution in [0.1, 0.15) is 33.3 Å². The second-order valence-electron chi connectivity index (χ2n) is 8.01. The Kier molecular flexibility index (Phi) is 7.21. The molecule has 1 aromatic rings. The number of rotatable bonds is 5. The van der Waals surface area contributed by atoms with E-state index in [0.29, 0.717) is 6.54 Å². The number of para-hydroxylation sites is 1. The normalized spacial score (nSPS) is 16.1. The summed E-state index contributed by atoms with van der Waals surface area (Å²) in [6, 6.07) is 7.32. The van der Waals surface area contributed by atoms with Crippen molar-refractivity contribution in [2.45, 2.75) is 45.8 Å². The third-order valence-electron chi connectivity index (χ3n) is 4.53. The Morgan fingerprint density at radius 3 is 2.48 bits per heavy atom. The molecular formula is C20H32N4O3. The van der Waals surface area contributed by atoms with Crippen LogP contribution in [0.15, 0.2) is 24.3 Å². The van der Waals surface area contributed by atoms with E-state index in [9.17, 15) is 9.59 Å². The summed E-state index contributed by atoms with van der Waals surface area (Å²) < 4.78 is 5.44. The zero-order chi connectivity index (χ0) is 20.0. The second kappa shape index (κ2) is 9.19. The highest BCUT2D eigenvalue weighted by atomic mass is 16.5. The number of nitrogens with zero attached hydrogens (tertiary/aromatic N) is 2. The third kappa shape index (κ3) is 6.52. The Morgan fingerprint density at radius 2 is 1.85 bits per heavy atom. The average Bonchev–Trinajstić information content (AvgIpc) is 2.60. The number of amides is 3. The van der Waals surface area contributed by atoms with E-state index in [1.807, 2.05) is 44.9 Å². The fourth-order valence-electron chi connectivity index (χ4n) is 2.95. The van der Waals surface area contributed by atoms with Gasteiger partial charge in [-0.3, -0.25) is 15.0 Å². The van der Waals surface area contributed by atoms with Crippen LogP contribution in [0.5, 0.6) is 0 Å². The lowest BCUT2D eigenvalue weighted by molar-refractivity contribution is -0.124. The van der Waals surface area contributed by atoms with Gasteiger partial charge in [0.1, 0.15) is 0 Å². The van der Waals surface area contributed by atoms with Gasteiger partial charge in [0.25, 0.3) is 0 Å². The number of likely N-dealkylation sites (N-methyl/N-ethyl adjacent to an activating group) is 1. The van der Waals surface area contributed by atoms with Crippen molar-refractivity contribution in [1.29, 1.82) is 0 Å². The van der Waals surface area contributed by atoms with E-state index in [-0.39, 0.29) is 5.91 Å². The Morgan fingerprint density at radius 1 is 1.22 bits per heavy atom. The van der Waals surface area contributed by atoms with Crippen molar-refractivity contribution in [2.24, 2.45) is 0 Å². The van der Waals surface area contributed by atoms with Crippen LogP contribution in [0, 0.1) is 0 Å². The second-order valence-corrected chi connectivity index (χ2v) is 8.01. The minimum Gasteiger partial charge on any atom is -0.378 e. The number of carbonyl (C=O) groups excluding carboxylic acids is 2. The molecule has 0 aromatic heterocycles. The minimum atomic E-state index is -0.471. The van der Waals surface area contributed by atoms with Crippen molar-refractivity contribution in [3.8, 4) is 0 Å². The summed E-state index contributed by atoms with van der Waals surface area (Å²) in [7, 11) is 1.89. The molecular weight excluding hydrogens is 344 g/mol. The molecule has 1 fully saturated rings. The highest BCUT2D eigenvalue weighted by Gasteiger charge is 2.23. The molecule has 1 aliphatic heterocycles. The SMILES string of the molecule is CC(C(=O)NC(=O)NC(C)(C)C)N(C)Cc1ccccc1N1CCOCC1. The van der Waals surface area contributed by atoms with E-state index in [2.05, 4.69) is 27.7 Å². The summed E-state index contributed by atoms with van der Waals surface area (Å²) in [6.45, 7) is 11.2. The van der Waals surface area contributed by atoms with Gasteiger partial charge in [0.15, 0.2) is 0 Å². The molecule has 1 saturated heterocycles. The number of hydrogen-bond acceptors (Lipinski definition) is 5. The Hall–Kier alpha value is -2.12.